The third kappa shape index (κ3) is 6.03. The molecule has 0 radical (unpaired) electrons. The van der Waals surface area contributed by atoms with Gasteiger partial charge in [0.2, 0.25) is 15.9 Å². The number of carbonyl (C=O) groups is 1. The average Bonchev–Trinajstić information content (AvgIpc) is 2.70. The number of hydrogen-bond acceptors (Lipinski definition) is 4. The van der Waals surface area contributed by atoms with E-state index in [1.54, 1.807) is 12.1 Å². The zero-order chi connectivity index (χ0) is 21.6. The normalized spacial score (nSPS) is 23.7. The van der Waals surface area contributed by atoms with E-state index in [1.165, 1.54) is 17.1 Å². The molecule has 164 valence electrons. The van der Waals surface area contributed by atoms with E-state index in [0.29, 0.717) is 29.8 Å². The molecule has 7 heteroatoms. The van der Waals surface area contributed by atoms with E-state index in [2.05, 4.69) is 24.5 Å². The minimum Gasteiger partial charge on any atom is -0.352 e. The van der Waals surface area contributed by atoms with Gasteiger partial charge in [-0.15, -0.1) is 0 Å². The van der Waals surface area contributed by atoms with Gasteiger partial charge >= 0.3 is 0 Å². The molecular weight excluding hydrogens is 386 g/mol. The Balaban J connectivity index is 1.91. The zero-order valence-corrected chi connectivity index (χ0v) is 19.3. The highest BCUT2D eigenvalue weighted by atomic mass is 32.2. The highest BCUT2D eigenvalue weighted by molar-refractivity contribution is 7.89. The lowest BCUT2D eigenvalue weighted by atomic mass is 9.78. The van der Waals surface area contributed by atoms with Gasteiger partial charge in [0, 0.05) is 25.2 Å². The summed E-state index contributed by atoms with van der Waals surface area (Å²) < 4.78 is 26.6. The number of nitrogens with one attached hydrogen (secondary N) is 2. The summed E-state index contributed by atoms with van der Waals surface area (Å²) in [7, 11) is -3.45. The van der Waals surface area contributed by atoms with E-state index < -0.39 is 10.0 Å². The third-order valence-corrected chi connectivity index (χ3v) is 8.41. The number of amides is 1. The van der Waals surface area contributed by atoms with Gasteiger partial charge in [-0.3, -0.25) is 4.79 Å². The Labute approximate surface area is 176 Å². The van der Waals surface area contributed by atoms with Gasteiger partial charge in [-0.05, 0) is 42.9 Å². The van der Waals surface area contributed by atoms with Crippen molar-refractivity contribution in [3.63, 3.8) is 0 Å². The number of benzene rings is 1. The number of sulfonamides is 1. The van der Waals surface area contributed by atoms with E-state index >= 15 is 0 Å². The molecule has 1 aromatic carbocycles. The van der Waals surface area contributed by atoms with Gasteiger partial charge in [0.1, 0.15) is 0 Å². The number of rotatable bonds is 9. The van der Waals surface area contributed by atoms with Crippen LogP contribution in [0.1, 0.15) is 65.5 Å². The monoisotopic (exact) mass is 423 g/mol. The van der Waals surface area contributed by atoms with Gasteiger partial charge in [0.25, 0.3) is 0 Å². The van der Waals surface area contributed by atoms with Crippen molar-refractivity contribution in [3.05, 3.63) is 29.8 Å². The Kier molecular flexibility index (Phi) is 8.67. The van der Waals surface area contributed by atoms with Crippen molar-refractivity contribution in [1.29, 1.82) is 0 Å². The molecule has 0 aliphatic heterocycles. The van der Waals surface area contributed by atoms with Crippen LogP contribution in [0, 0.1) is 11.8 Å². The predicted molar refractivity (Wildman–Crippen MR) is 117 cm³/mol. The van der Waals surface area contributed by atoms with Crippen molar-refractivity contribution in [3.8, 4) is 0 Å². The Hall–Kier alpha value is -1.44. The lowest BCUT2D eigenvalue weighted by Crippen LogP contribution is -2.46. The number of carbonyl (C=O) groups excluding carboxylic acids is 1. The molecule has 6 nitrogen and oxygen atoms in total. The van der Waals surface area contributed by atoms with Crippen LogP contribution in [0.3, 0.4) is 0 Å². The molecule has 1 fully saturated rings. The summed E-state index contributed by atoms with van der Waals surface area (Å²) in [5.74, 6) is 1.17. The second-order valence-electron chi connectivity index (χ2n) is 8.20. The minimum absolute atomic E-state index is 0.0172. The van der Waals surface area contributed by atoms with Crippen LogP contribution >= 0.6 is 0 Å². The second kappa shape index (κ2) is 10.5. The fourth-order valence-electron chi connectivity index (χ4n) is 4.05. The molecule has 1 saturated carbocycles. The summed E-state index contributed by atoms with van der Waals surface area (Å²) in [6.45, 7) is 11.3. The Morgan fingerprint density at radius 1 is 1.14 bits per heavy atom. The number of nitrogens with zero attached hydrogens (tertiary/aromatic N) is 1. The lowest BCUT2D eigenvalue weighted by Gasteiger charge is -2.34. The Morgan fingerprint density at radius 3 is 2.34 bits per heavy atom. The second-order valence-corrected chi connectivity index (χ2v) is 10.1. The molecule has 0 aromatic heterocycles. The van der Waals surface area contributed by atoms with E-state index in [0.717, 1.165) is 12.0 Å². The smallest absolute Gasteiger partial charge is 0.243 e. The van der Waals surface area contributed by atoms with E-state index in [1.807, 2.05) is 32.9 Å². The van der Waals surface area contributed by atoms with Crippen LogP contribution in [-0.2, 0) is 14.8 Å². The quantitative estimate of drug-likeness (QED) is 0.639. The van der Waals surface area contributed by atoms with Crippen molar-refractivity contribution in [2.45, 2.75) is 70.9 Å². The summed E-state index contributed by atoms with van der Waals surface area (Å²) >= 11 is 0. The van der Waals surface area contributed by atoms with Crippen LogP contribution in [0.25, 0.3) is 0 Å². The average molecular weight is 424 g/mol. The first kappa shape index (κ1) is 23.8. The first-order chi connectivity index (χ1) is 13.7. The Morgan fingerprint density at radius 2 is 1.76 bits per heavy atom. The van der Waals surface area contributed by atoms with Crippen LogP contribution < -0.4 is 10.6 Å². The minimum atomic E-state index is -3.45. The molecule has 2 N–H and O–H groups in total. The molecule has 0 spiro atoms. The van der Waals surface area contributed by atoms with Gasteiger partial charge in [0.15, 0.2) is 0 Å². The first-order valence-corrected chi connectivity index (χ1v) is 12.3. The molecular formula is C22H37N3O3S. The summed E-state index contributed by atoms with van der Waals surface area (Å²) in [5.41, 5.74) is 0.955. The fraction of sp³-hybridized carbons (Fsp3) is 0.682. The highest BCUT2D eigenvalue weighted by Crippen LogP contribution is 2.29. The summed E-state index contributed by atoms with van der Waals surface area (Å²) in [6, 6.07) is 7.13. The van der Waals surface area contributed by atoms with Crippen molar-refractivity contribution in [2.75, 3.05) is 19.6 Å². The van der Waals surface area contributed by atoms with Crippen molar-refractivity contribution in [1.82, 2.24) is 14.9 Å². The summed E-state index contributed by atoms with van der Waals surface area (Å²) in [5, 5.41) is 6.42. The molecule has 0 saturated heterocycles. The molecule has 2 rings (SSSR count). The SMILES string of the molecule is CCN(CC)S(=O)(=O)c1ccc([C@@H](C)NCC(=O)N[C@@H]2CCC[C@H](C)[C@@H]2C)cc1. The van der Waals surface area contributed by atoms with E-state index in [4.69, 9.17) is 0 Å². The molecule has 0 heterocycles. The van der Waals surface area contributed by atoms with Crippen LogP contribution in [0.4, 0.5) is 0 Å². The maximum absolute atomic E-state index is 12.6. The molecule has 1 amide bonds. The van der Waals surface area contributed by atoms with E-state index in [-0.39, 0.29) is 24.5 Å². The van der Waals surface area contributed by atoms with Gasteiger partial charge in [-0.1, -0.05) is 52.7 Å². The molecule has 0 unspecified atom stereocenters. The van der Waals surface area contributed by atoms with Crippen molar-refractivity contribution in [2.24, 2.45) is 11.8 Å². The Bertz CT molecular complexity index is 760. The molecule has 0 bridgehead atoms. The van der Waals surface area contributed by atoms with Crippen LogP contribution in [0.5, 0.6) is 0 Å². The zero-order valence-electron chi connectivity index (χ0n) is 18.4. The largest absolute Gasteiger partial charge is 0.352 e. The highest BCUT2D eigenvalue weighted by Gasteiger charge is 2.28. The third-order valence-electron chi connectivity index (χ3n) is 6.35. The van der Waals surface area contributed by atoms with Gasteiger partial charge in [0.05, 0.1) is 11.4 Å². The van der Waals surface area contributed by atoms with Crippen molar-refractivity contribution >= 4 is 15.9 Å². The molecule has 1 aliphatic carbocycles. The van der Waals surface area contributed by atoms with Crippen LogP contribution in [-0.4, -0.2) is 44.3 Å². The van der Waals surface area contributed by atoms with Gasteiger partial charge < -0.3 is 10.6 Å². The standard InChI is InChI=1S/C22H37N3O3S/c1-6-25(7-2)29(27,28)20-13-11-19(12-14-20)18(5)23-15-22(26)24-21-10-8-9-16(3)17(21)4/h11-14,16-18,21,23H,6-10,15H2,1-5H3,(H,24,26)/t16-,17-,18+,21+/m0/s1. The predicted octanol–water partition coefficient (Wildman–Crippen LogP) is 3.31. The van der Waals surface area contributed by atoms with Crippen LogP contribution in [0.15, 0.2) is 29.2 Å². The number of hydrogen-bond donors (Lipinski definition) is 2. The van der Waals surface area contributed by atoms with E-state index in [9.17, 15) is 13.2 Å². The first-order valence-electron chi connectivity index (χ1n) is 10.8. The molecule has 1 aromatic rings. The van der Waals surface area contributed by atoms with Gasteiger partial charge in [-0.25, -0.2) is 8.42 Å². The topological polar surface area (TPSA) is 78.5 Å². The molecule has 4 atom stereocenters. The van der Waals surface area contributed by atoms with Crippen LogP contribution in [0.2, 0.25) is 0 Å². The van der Waals surface area contributed by atoms with Gasteiger partial charge in [-0.2, -0.15) is 4.31 Å². The lowest BCUT2D eigenvalue weighted by molar-refractivity contribution is -0.121. The maximum atomic E-state index is 12.6. The summed E-state index contributed by atoms with van der Waals surface area (Å²) in [6.07, 6.45) is 3.46. The fourth-order valence-corrected chi connectivity index (χ4v) is 5.51. The van der Waals surface area contributed by atoms with Crippen molar-refractivity contribution < 1.29 is 13.2 Å². The summed E-state index contributed by atoms with van der Waals surface area (Å²) in [4.78, 5) is 12.7. The molecule has 29 heavy (non-hydrogen) atoms. The maximum Gasteiger partial charge on any atom is 0.243 e. The molecule has 1 aliphatic rings.